The van der Waals surface area contributed by atoms with Gasteiger partial charge >= 0.3 is 5.97 Å². The monoisotopic (exact) mass is 200 g/mol. The molecule has 0 aliphatic carbocycles. The fourth-order valence-corrected chi connectivity index (χ4v) is 1.14. The number of aliphatic hydroxyl groups excluding tert-OH is 1. The molecule has 0 bridgehead atoms. The minimum atomic E-state index is -0.557. The van der Waals surface area contributed by atoms with Gasteiger partial charge in [-0.25, -0.2) is 0 Å². The molecular weight excluding hydrogens is 180 g/mol. The van der Waals surface area contributed by atoms with Crippen molar-refractivity contribution in [2.24, 2.45) is 0 Å². The second-order valence-electron chi connectivity index (χ2n) is 3.33. The normalized spacial score (nSPS) is 12.1. The summed E-state index contributed by atoms with van der Waals surface area (Å²) >= 11 is 0. The summed E-state index contributed by atoms with van der Waals surface area (Å²) in [4.78, 5) is 11.0. The van der Waals surface area contributed by atoms with Crippen LogP contribution in [0.2, 0.25) is 0 Å². The summed E-state index contributed by atoms with van der Waals surface area (Å²) in [5, 5.41) is 9.42. The van der Waals surface area contributed by atoms with Gasteiger partial charge in [0, 0.05) is 0 Å². The lowest BCUT2D eigenvalue weighted by molar-refractivity contribution is -0.144. The Hall–Kier alpha value is -0.830. The molecule has 0 aromatic carbocycles. The number of carbonyl (C=O) groups is 1. The third kappa shape index (κ3) is 7.80. The van der Waals surface area contributed by atoms with Crippen molar-refractivity contribution >= 4 is 5.97 Å². The van der Waals surface area contributed by atoms with E-state index in [-0.39, 0.29) is 19.0 Å². The Morgan fingerprint density at radius 2 is 2.29 bits per heavy atom. The number of aliphatic hydroxyl groups is 1. The summed E-state index contributed by atoms with van der Waals surface area (Å²) in [6, 6.07) is 0. The van der Waals surface area contributed by atoms with E-state index in [9.17, 15) is 9.90 Å². The predicted octanol–water partition coefficient (Wildman–Crippen LogP) is 2.05. The molecule has 3 heteroatoms. The smallest absolute Gasteiger partial charge is 0.308 e. The van der Waals surface area contributed by atoms with Crippen molar-refractivity contribution in [3.63, 3.8) is 0 Å². The quantitative estimate of drug-likeness (QED) is 0.370. The summed E-state index contributed by atoms with van der Waals surface area (Å²) in [6.07, 6.45) is 4.91. The molecule has 0 amide bonds. The number of esters is 1. The van der Waals surface area contributed by atoms with Gasteiger partial charge in [-0.15, -0.1) is 0 Å². The van der Waals surface area contributed by atoms with Crippen LogP contribution in [0.15, 0.2) is 12.7 Å². The first-order chi connectivity index (χ1) is 6.70. The molecule has 0 saturated heterocycles. The van der Waals surface area contributed by atoms with Gasteiger partial charge in [0.1, 0.15) is 6.61 Å². The van der Waals surface area contributed by atoms with Crippen LogP contribution in [0, 0.1) is 0 Å². The van der Waals surface area contributed by atoms with E-state index in [0.717, 1.165) is 19.3 Å². The molecule has 0 heterocycles. The van der Waals surface area contributed by atoms with Crippen molar-refractivity contribution in [3.8, 4) is 0 Å². The molecule has 0 rings (SSSR count). The zero-order valence-electron chi connectivity index (χ0n) is 8.87. The Balaban J connectivity index is 3.44. The highest BCUT2D eigenvalue weighted by molar-refractivity contribution is 5.69. The molecule has 0 aliphatic heterocycles. The van der Waals surface area contributed by atoms with Crippen LogP contribution in [-0.2, 0) is 9.53 Å². The van der Waals surface area contributed by atoms with Crippen LogP contribution in [0.1, 0.15) is 39.0 Å². The largest absolute Gasteiger partial charge is 0.461 e. The first-order valence-electron chi connectivity index (χ1n) is 5.15. The molecule has 0 spiro atoms. The number of carbonyl (C=O) groups excluding carboxylic acids is 1. The molecule has 0 aromatic heterocycles. The summed E-state index contributed by atoms with van der Waals surface area (Å²) in [6.45, 7) is 5.76. The summed E-state index contributed by atoms with van der Waals surface area (Å²) < 4.78 is 4.75. The maximum absolute atomic E-state index is 11.0. The van der Waals surface area contributed by atoms with Crippen LogP contribution in [0.5, 0.6) is 0 Å². The molecule has 1 N–H and O–H groups in total. The van der Waals surface area contributed by atoms with Gasteiger partial charge in [-0.3, -0.25) is 4.79 Å². The van der Waals surface area contributed by atoms with Crippen LogP contribution < -0.4 is 0 Å². The second kappa shape index (κ2) is 8.75. The summed E-state index contributed by atoms with van der Waals surface area (Å²) in [5.74, 6) is -0.353. The van der Waals surface area contributed by atoms with E-state index in [0.29, 0.717) is 6.42 Å². The van der Waals surface area contributed by atoms with Gasteiger partial charge < -0.3 is 9.84 Å². The Labute approximate surface area is 85.8 Å². The van der Waals surface area contributed by atoms with Crippen LogP contribution >= 0.6 is 0 Å². The van der Waals surface area contributed by atoms with E-state index in [1.807, 2.05) is 0 Å². The zero-order valence-corrected chi connectivity index (χ0v) is 8.87. The third-order valence-corrected chi connectivity index (χ3v) is 1.91. The average molecular weight is 200 g/mol. The number of hydrogen-bond donors (Lipinski definition) is 1. The van der Waals surface area contributed by atoms with Crippen molar-refractivity contribution in [3.05, 3.63) is 12.7 Å². The van der Waals surface area contributed by atoms with Crippen LogP contribution in [0.3, 0.4) is 0 Å². The van der Waals surface area contributed by atoms with Crippen LogP contribution in [0.25, 0.3) is 0 Å². The van der Waals surface area contributed by atoms with E-state index in [4.69, 9.17) is 4.74 Å². The molecule has 0 saturated carbocycles. The Morgan fingerprint density at radius 1 is 1.57 bits per heavy atom. The molecule has 0 aliphatic rings. The summed E-state index contributed by atoms with van der Waals surface area (Å²) in [7, 11) is 0. The maximum atomic E-state index is 11.0. The zero-order chi connectivity index (χ0) is 10.8. The Kier molecular flexibility index (Phi) is 8.24. The minimum Gasteiger partial charge on any atom is -0.461 e. The molecule has 0 radical (unpaired) electrons. The number of hydrogen-bond acceptors (Lipinski definition) is 3. The van der Waals surface area contributed by atoms with Gasteiger partial charge in [0.25, 0.3) is 0 Å². The van der Waals surface area contributed by atoms with Crippen molar-refractivity contribution in [1.82, 2.24) is 0 Å². The number of rotatable bonds is 8. The second-order valence-corrected chi connectivity index (χ2v) is 3.33. The standard InChI is InChI=1S/C11H20O3/c1-3-5-6-7-10(12)9-11(13)14-8-4-2/h4,10,12H,2-3,5-9H2,1H3. The number of unbranched alkanes of at least 4 members (excludes halogenated alkanes) is 2. The van der Waals surface area contributed by atoms with Gasteiger partial charge in [0.05, 0.1) is 12.5 Å². The van der Waals surface area contributed by atoms with Gasteiger partial charge in [-0.1, -0.05) is 38.8 Å². The Morgan fingerprint density at radius 3 is 2.86 bits per heavy atom. The number of ether oxygens (including phenoxy) is 1. The minimum absolute atomic E-state index is 0.0948. The van der Waals surface area contributed by atoms with Crippen LogP contribution in [-0.4, -0.2) is 23.8 Å². The van der Waals surface area contributed by atoms with Gasteiger partial charge in [-0.2, -0.15) is 0 Å². The maximum Gasteiger partial charge on any atom is 0.308 e. The van der Waals surface area contributed by atoms with Gasteiger partial charge in [-0.05, 0) is 6.42 Å². The lowest BCUT2D eigenvalue weighted by Gasteiger charge is -2.08. The first-order valence-corrected chi connectivity index (χ1v) is 5.15. The lowest BCUT2D eigenvalue weighted by atomic mass is 10.1. The van der Waals surface area contributed by atoms with E-state index in [2.05, 4.69) is 13.5 Å². The highest BCUT2D eigenvalue weighted by Gasteiger charge is 2.10. The van der Waals surface area contributed by atoms with E-state index in [1.54, 1.807) is 0 Å². The van der Waals surface area contributed by atoms with Crippen LogP contribution in [0.4, 0.5) is 0 Å². The first kappa shape index (κ1) is 13.2. The van der Waals surface area contributed by atoms with E-state index in [1.165, 1.54) is 6.08 Å². The molecule has 82 valence electrons. The molecule has 0 fully saturated rings. The van der Waals surface area contributed by atoms with Crippen molar-refractivity contribution in [2.75, 3.05) is 6.61 Å². The molecule has 1 atom stereocenters. The van der Waals surface area contributed by atoms with Crippen molar-refractivity contribution < 1.29 is 14.6 Å². The molecule has 1 unspecified atom stereocenters. The predicted molar refractivity (Wildman–Crippen MR) is 55.9 cm³/mol. The van der Waals surface area contributed by atoms with E-state index < -0.39 is 6.10 Å². The van der Waals surface area contributed by atoms with Gasteiger partial charge in [0.2, 0.25) is 0 Å². The fourth-order valence-electron chi connectivity index (χ4n) is 1.14. The lowest BCUT2D eigenvalue weighted by Crippen LogP contribution is -2.15. The van der Waals surface area contributed by atoms with Crippen molar-refractivity contribution in [2.45, 2.75) is 45.1 Å². The highest BCUT2D eigenvalue weighted by atomic mass is 16.5. The summed E-state index contributed by atoms with van der Waals surface area (Å²) in [5.41, 5.74) is 0. The molecule has 14 heavy (non-hydrogen) atoms. The van der Waals surface area contributed by atoms with Gasteiger partial charge in [0.15, 0.2) is 0 Å². The SMILES string of the molecule is C=CCOC(=O)CC(O)CCCCC. The third-order valence-electron chi connectivity index (χ3n) is 1.91. The average Bonchev–Trinajstić information content (AvgIpc) is 2.15. The highest BCUT2D eigenvalue weighted by Crippen LogP contribution is 2.06. The Bertz CT molecular complexity index is 166. The fraction of sp³-hybridized carbons (Fsp3) is 0.727. The molecule has 0 aromatic rings. The van der Waals surface area contributed by atoms with Crippen molar-refractivity contribution in [1.29, 1.82) is 0 Å². The molecule has 3 nitrogen and oxygen atoms in total. The topological polar surface area (TPSA) is 46.5 Å². The van der Waals surface area contributed by atoms with E-state index >= 15 is 0 Å². The molecular formula is C11H20O3.